The lowest BCUT2D eigenvalue weighted by Crippen LogP contribution is -2.23. The molecular weight excluding hydrogens is 333 g/mol. The van der Waals surface area contributed by atoms with Crippen LogP contribution >= 0.6 is 0 Å². The summed E-state index contributed by atoms with van der Waals surface area (Å²) in [5.41, 5.74) is 3.62. The Hall–Kier alpha value is -3.48. The Balaban J connectivity index is 1.50. The van der Waals surface area contributed by atoms with Gasteiger partial charge in [0, 0.05) is 0 Å². The molecule has 7 heteroatoms. The van der Waals surface area contributed by atoms with E-state index in [0.717, 1.165) is 11.0 Å². The predicted molar refractivity (Wildman–Crippen MR) is 95.5 cm³/mol. The molecular formula is C19H16FN5O. The second kappa shape index (κ2) is 6.44. The van der Waals surface area contributed by atoms with Gasteiger partial charge in [0.05, 0.1) is 40.7 Å². The van der Waals surface area contributed by atoms with Crippen molar-refractivity contribution in [3.8, 4) is 5.69 Å². The maximum absolute atomic E-state index is 13.1. The zero-order valence-electron chi connectivity index (χ0n) is 14.0. The Morgan fingerprint density at radius 3 is 2.73 bits per heavy atom. The molecule has 0 spiro atoms. The quantitative estimate of drug-likeness (QED) is 0.594. The first kappa shape index (κ1) is 16.0. The van der Waals surface area contributed by atoms with E-state index >= 15 is 0 Å². The molecule has 0 aliphatic heterocycles. The third kappa shape index (κ3) is 2.95. The molecule has 2 heterocycles. The molecule has 6 nitrogen and oxygen atoms in total. The van der Waals surface area contributed by atoms with Gasteiger partial charge in [-0.1, -0.05) is 12.1 Å². The van der Waals surface area contributed by atoms with Crippen molar-refractivity contribution in [3.63, 3.8) is 0 Å². The molecule has 1 amide bonds. The molecule has 0 atom stereocenters. The van der Waals surface area contributed by atoms with Crippen molar-refractivity contribution in [2.45, 2.75) is 13.5 Å². The molecule has 0 unspecified atom stereocenters. The van der Waals surface area contributed by atoms with Crippen LogP contribution < -0.4 is 5.32 Å². The summed E-state index contributed by atoms with van der Waals surface area (Å²) >= 11 is 0. The summed E-state index contributed by atoms with van der Waals surface area (Å²) in [7, 11) is 0. The van der Waals surface area contributed by atoms with E-state index in [4.69, 9.17) is 0 Å². The number of nitrogens with one attached hydrogen (secondary N) is 2. The number of amides is 1. The molecule has 0 aliphatic carbocycles. The summed E-state index contributed by atoms with van der Waals surface area (Å²) in [6.45, 7) is 2.08. The molecule has 0 aliphatic rings. The number of hydrogen-bond donors (Lipinski definition) is 2. The summed E-state index contributed by atoms with van der Waals surface area (Å²) in [6.07, 6.45) is 1.51. The van der Waals surface area contributed by atoms with Crippen LogP contribution in [0.5, 0.6) is 0 Å². The minimum atomic E-state index is -0.317. The smallest absolute Gasteiger partial charge is 0.255 e. The number of halogens is 1. The lowest BCUT2D eigenvalue weighted by molar-refractivity contribution is 0.0949. The molecule has 26 heavy (non-hydrogen) atoms. The van der Waals surface area contributed by atoms with Gasteiger partial charge in [0.15, 0.2) is 0 Å². The van der Waals surface area contributed by atoms with Crippen LogP contribution in [-0.2, 0) is 6.54 Å². The number of H-pyrrole nitrogens is 1. The lowest BCUT2D eigenvalue weighted by atomic mass is 10.2. The number of fused-ring (bicyclic) bond motifs is 1. The van der Waals surface area contributed by atoms with Crippen LogP contribution in [0.15, 0.2) is 54.7 Å². The molecule has 0 fully saturated rings. The monoisotopic (exact) mass is 349 g/mol. The van der Waals surface area contributed by atoms with Crippen LogP contribution in [0.1, 0.15) is 21.9 Å². The molecule has 0 radical (unpaired) electrons. The highest BCUT2D eigenvalue weighted by molar-refractivity contribution is 5.95. The van der Waals surface area contributed by atoms with Crippen molar-refractivity contribution in [2.75, 3.05) is 0 Å². The topological polar surface area (TPSA) is 75.6 Å². The average Bonchev–Trinajstić information content (AvgIpc) is 3.23. The minimum Gasteiger partial charge on any atom is -0.345 e. The molecule has 0 saturated heterocycles. The zero-order valence-corrected chi connectivity index (χ0v) is 14.0. The van der Waals surface area contributed by atoms with Crippen LogP contribution in [0.4, 0.5) is 4.39 Å². The number of aromatic amines is 1. The summed E-state index contributed by atoms with van der Waals surface area (Å²) in [5.74, 6) is 0.127. The van der Waals surface area contributed by atoms with E-state index in [1.807, 2.05) is 24.3 Å². The van der Waals surface area contributed by atoms with Crippen molar-refractivity contribution in [2.24, 2.45) is 0 Å². The summed E-state index contributed by atoms with van der Waals surface area (Å²) in [4.78, 5) is 20.1. The largest absolute Gasteiger partial charge is 0.345 e. The standard InChI is InChI=1S/C19H16FN5O/c1-12-15(10-22-25(12)14-8-6-13(20)7-9-14)19(26)21-11-18-23-16-4-2-3-5-17(16)24-18/h2-10H,11H2,1H3,(H,21,26)(H,23,24). The van der Waals surface area contributed by atoms with E-state index in [1.165, 1.54) is 18.3 Å². The number of para-hydroxylation sites is 2. The van der Waals surface area contributed by atoms with E-state index in [1.54, 1.807) is 23.7 Å². The van der Waals surface area contributed by atoms with Crippen LogP contribution in [0.25, 0.3) is 16.7 Å². The molecule has 2 aromatic carbocycles. The maximum atomic E-state index is 13.1. The van der Waals surface area contributed by atoms with Gasteiger partial charge in [-0.2, -0.15) is 5.10 Å². The van der Waals surface area contributed by atoms with Gasteiger partial charge in [-0.15, -0.1) is 0 Å². The highest BCUT2D eigenvalue weighted by Crippen LogP contribution is 2.15. The first-order valence-corrected chi connectivity index (χ1v) is 8.14. The molecule has 4 aromatic rings. The third-order valence-corrected chi connectivity index (χ3v) is 4.18. The molecule has 0 saturated carbocycles. The fourth-order valence-electron chi connectivity index (χ4n) is 2.82. The summed E-state index contributed by atoms with van der Waals surface area (Å²) < 4.78 is 14.7. The Morgan fingerprint density at radius 2 is 1.96 bits per heavy atom. The normalized spacial score (nSPS) is 11.0. The SMILES string of the molecule is Cc1c(C(=O)NCc2nc3ccccc3[nH]2)cnn1-c1ccc(F)cc1. The van der Waals surface area contributed by atoms with Crippen molar-refractivity contribution in [3.05, 3.63) is 77.6 Å². The number of benzene rings is 2. The number of carbonyl (C=O) groups is 1. The first-order valence-electron chi connectivity index (χ1n) is 8.14. The number of carbonyl (C=O) groups excluding carboxylic acids is 1. The fourth-order valence-corrected chi connectivity index (χ4v) is 2.82. The third-order valence-electron chi connectivity index (χ3n) is 4.18. The van der Waals surface area contributed by atoms with E-state index in [-0.39, 0.29) is 18.3 Å². The first-order chi connectivity index (χ1) is 12.6. The number of imidazole rings is 1. The molecule has 2 N–H and O–H groups in total. The highest BCUT2D eigenvalue weighted by Gasteiger charge is 2.15. The van der Waals surface area contributed by atoms with E-state index in [0.29, 0.717) is 22.8 Å². The number of nitrogens with zero attached hydrogens (tertiary/aromatic N) is 3. The van der Waals surface area contributed by atoms with Crippen LogP contribution in [0.3, 0.4) is 0 Å². The highest BCUT2D eigenvalue weighted by atomic mass is 19.1. The van der Waals surface area contributed by atoms with Crippen molar-refractivity contribution >= 4 is 16.9 Å². The average molecular weight is 349 g/mol. The number of aromatic nitrogens is 4. The maximum Gasteiger partial charge on any atom is 0.255 e. The van der Waals surface area contributed by atoms with Crippen molar-refractivity contribution in [1.29, 1.82) is 0 Å². The summed E-state index contributed by atoms with van der Waals surface area (Å²) in [5, 5.41) is 7.08. The second-order valence-electron chi connectivity index (χ2n) is 5.92. The number of rotatable bonds is 4. The van der Waals surface area contributed by atoms with E-state index in [2.05, 4.69) is 20.4 Å². The van der Waals surface area contributed by atoms with Crippen LogP contribution in [-0.4, -0.2) is 25.7 Å². The van der Waals surface area contributed by atoms with Crippen LogP contribution in [0, 0.1) is 12.7 Å². The van der Waals surface area contributed by atoms with Gasteiger partial charge in [-0.3, -0.25) is 4.79 Å². The summed E-state index contributed by atoms with van der Waals surface area (Å²) in [6, 6.07) is 13.6. The van der Waals surface area contributed by atoms with E-state index in [9.17, 15) is 9.18 Å². The van der Waals surface area contributed by atoms with Gasteiger partial charge in [-0.05, 0) is 43.3 Å². The fraction of sp³-hybridized carbons (Fsp3) is 0.105. The van der Waals surface area contributed by atoms with Gasteiger partial charge < -0.3 is 10.3 Å². The minimum absolute atomic E-state index is 0.240. The van der Waals surface area contributed by atoms with Gasteiger partial charge in [0.25, 0.3) is 5.91 Å². The molecule has 4 rings (SSSR count). The zero-order chi connectivity index (χ0) is 18.1. The number of hydrogen-bond acceptors (Lipinski definition) is 3. The van der Waals surface area contributed by atoms with Gasteiger partial charge in [-0.25, -0.2) is 14.1 Å². The Labute approximate surface area is 148 Å². The molecule has 130 valence electrons. The Bertz CT molecular complexity index is 1050. The lowest BCUT2D eigenvalue weighted by Gasteiger charge is -2.06. The second-order valence-corrected chi connectivity index (χ2v) is 5.92. The van der Waals surface area contributed by atoms with E-state index < -0.39 is 0 Å². The van der Waals surface area contributed by atoms with Gasteiger partial charge in [0.2, 0.25) is 0 Å². The van der Waals surface area contributed by atoms with Gasteiger partial charge >= 0.3 is 0 Å². The van der Waals surface area contributed by atoms with Crippen molar-refractivity contribution in [1.82, 2.24) is 25.1 Å². The Kier molecular flexibility index (Phi) is 3.96. The molecule has 2 aromatic heterocycles. The Morgan fingerprint density at radius 1 is 1.19 bits per heavy atom. The van der Waals surface area contributed by atoms with Gasteiger partial charge in [0.1, 0.15) is 11.6 Å². The predicted octanol–water partition coefficient (Wildman–Crippen LogP) is 3.13. The van der Waals surface area contributed by atoms with Crippen molar-refractivity contribution < 1.29 is 9.18 Å². The van der Waals surface area contributed by atoms with Crippen LogP contribution in [0.2, 0.25) is 0 Å². The molecule has 0 bridgehead atoms.